The average molecular weight is 624 g/mol. The quantitative estimate of drug-likeness (QED) is 0.324. The van der Waals surface area contributed by atoms with E-state index in [-0.39, 0.29) is 66.8 Å². The van der Waals surface area contributed by atoms with Crippen LogP contribution in [0.15, 0.2) is 35.6 Å². The average Bonchev–Trinajstić information content (AvgIpc) is 3.60. The summed E-state index contributed by atoms with van der Waals surface area (Å²) in [5, 5.41) is 10.7. The summed E-state index contributed by atoms with van der Waals surface area (Å²) in [6, 6.07) is 6.21. The van der Waals surface area contributed by atoms with Crippen molar-refractivity contribution >= 4 is 60.8 Å². The number of nitrogens with zero attached hydrogens (tertiary/aromatic N) is 6. The summed E-state index contributed by atoms with van der Waals surface area (Å²) in [5.74, 6) is -1.53. The fourth-order valence-corrected chi connectivity index (χ4v) is 7.33. The highest BCUT2D eigenvalue weighted by atomic mass is 35.5. The lowest BCUT2D eigenvalue weighted by atomic mass is 9.98. The predicted molar refractivity (Wildman–Crippen MR) is 166 cm³/mol. The number of aromatic nitrogens is 2. The number of benzene rings is 2. The van der Waals surface area contributed by atoms with Crippen molar-refractivity contribution in [3.05, 3.63) is 63.4 Å². The second kappa shape index (κ2) is 11.2. The Labute approximate surface area is 255 Å². The highest BCUT2D eigenvalue weighted by molar-refractivity contribution is 7.22. The third-order valence-corrected chi connectivity index (χ3v) is 9.64. The van der Waals surface area contributed by atoms with Crippen LogP contribution < -0.4 is 16.2 Å². The fourth-order valence-electron chi connectivity index (χ4n) is 6.27. The molecule has 4 aromatic rings. The number of piperazine rings is 1. The van der Waals surface area contributed by atoms with Crippen molar-refractivity contribution in [2.24, 2.45) is 0 Å². The lowest BCUT2D eigenvalue weighted by molar-refractivity contribution is -0.126. The van der Waals surface area contributed by atoms with E-state index in [4.69, 9.17) is 17.3 Å². The summed E-state index contributed by atoms with van der Waals surface area (Å²) in [6.45, 7) is 5.85. The predicted octanol–water partition coefficient (Wildman–Crippen LogP) is 4.59. The first-order valence-corrected chi connectivity index (χ1v) is 15.0. The Kier molecular flexibility index (Phi) is 7.58. The van der Waals surface area contributed by atoms with E-state index in [0.29, 0.717) is 31.6 Å². The smallest absolute Gasteiger partial charge is 0.271 e. The van der Waals surface area contributed by atoms with Crippen LogP contribution in [0.2, 0.25) is 5.02 Å². The Balaban J connectivity index is 1.63. The Morgan fingerprint density at radius 1 is 1.28 bits per heavy atom. The molecule has 2 aliphatic rings. The van der Waals surface area contributed by atoms with Crippen LogP contribution in [0.5, 0.6) is 0 Å². The maximum absolute atomic E-state index is 17.1. The Morgan fingerprint density at radius 2 is 2.02 bits per heavy atom. The molecule has 0 saturated carbocycles. The number of fused-ring (bicyclic) bond motifs is 2. The van der Waals surface area contributed by atoms with Crippen molar-refractivity contribution in [1.82, 2.24) is 19.4 Å². The number of nitrogen functional groups attached to an aromatic ring is 1. The van der Waals surface area contributed by atoms with Crippen molar-refractivity contribution in [1.29, 1.82) is 5.26 Å². The van der Waals surface area contributed by atoms with Gasteiger partial charge in [-0.15, -0.1) is 0 Å². The fraction of sp³-hybridized carbons (Fsp3) is 0.333. The molecule has 0 aliphatic carbocycles. The van der Waals surface area contributed by atoms with E-state index in [0.717, 1.165) is 30.7 Å². The van der Waals surface area contributed by atoms with Crippen molar-refractivity contribution in [2.45, 2.75) is 25.4 Å². The van der Waals surface area contributed by atoms with Gasteiger partial charge in [-0.05, 0) is 50.7 Å². The molecule has 0 unspecified atom stereocenters. The zero-order valence-electron chi connectivity index (χ0n) is 23.4. The molecule has 1 amide bonds. The maximum atomic E-state index is 17.1. The van der Waals surface area contributed by atoms with Gasteiger partial charge >= 0.3 is 0 Å². The number of pyridine rings is 1. The Bertz CT molecular complexity index is 1910. The number of thiazole rings is 1. The van der Waals surface area contributed by atoms with Gasteiger partial charge in [0.2, 0.25) is 5.91 Å². The largest absolute Gasteiger partial charge is 0.375 e. The second-order valence-corrected chi connectivity index (χ2v) is 12.3. The first kappa shape index (κ1) is 29.0. The molecule has 6 rings (SSSR count). The number of likely N-dealkylation sites (N-methyl/N-ethyl adjacent to an activating group) is 1. The molecule has 2 aromatic carbocycles. The summed E-state index contributed by atoms with van der Waals surface area (Å²) in [6.07, 6.45) is 2.99. The number of amides is 1. The maximum Gasteiger partial charge on any atom is 0.271 e. The van der Waals surface area contributed by atoms with Gasteiger partial charge in [0.15, 0.2) is 10.9 Å². The van der Waals surface area contributed by atoms with E-state index in [1.54, 1.807) is 11.0 Å². The van der Waals surface area contributed by atoms with Gasteiger partial charge in [-0.25, -0.2) is 13.8 Å². The molecule has 0 radical (unpaired) electrons. The second-order valence-electron chi connectivity index (χ2n) is 10.8. The Hall–Kier alpha value is -4.05. The highest BCUT2D eigenvalue weighted by Crippen LogP contribution is 2.43. The van der Waals surface area contributed by atoms with Crippen LogP contribution in [-0.2, 0) is 11.3 Å². The van der Waals surface area contributed by atoms with Crippen LogP contribution in [-0.4, -0.2) is 71.1 Å². The van der Waals surface area contributed by atoms with Crippen LogP contribution in [0, 0.1) is 23.0 Å². The minimum atomic E-state index is -0.772. The number of nitrogens with two attached hydrogens (primary N) is 1. The lowest BCUT2D eigenvalue weighted by Crippen LogP contribution is -2.49. The molecule has 2 saturated heterocycles. The normalized spacial score (nSPS) is 17.6. The molecule has 43 heavy (non-hydrogen) atoms. The van der Waals surface area contributed by atoms with E-state index in [1.807, 2.05) is 11.9 Å². The van der Waals surface area contributed by atoms with Crippen LogP contribution in [0.1, 0.15) is 18.4 Å². The van der Waals surface area contributed by atoms with Crippen LogP contribution in [0.4, 0.5) is 19.6 Å². The van der Waals surface area contributed by atoms with Gasteiger partial charge < -0.3 is 25.0 Å². The molecular formula is C30H28ClF2N7O2S. The summed E-state index contributed by atoms with van der Waals surface area (Å²) in [7, 11) is 1.95. The van der Waals surface area contributed by atoms with Gasteiger partial charge in [-0.1, -0.05) is 29.5 Å². The van der Waals surface area contributed by atoms with Crippen LogP contribution in [0.25, 0.3) is 32.2 Å². The molecule has 2 aliphatic heterocycles. The third kappa shape index (κ3) is 4.81. The van der Waals surface area contributed by atoms with Crippen molar-refractivity contribution in [3.8, 4) is 17.2 Å². The molecule has 1 atom stereocenters. The first-order valence-electron chi connectivity index (χ1n) is 13.8. The van der Waals surface area contributed by atoms with Crippen molar-refractivity contribution < 1.29 is 13.6 Å². The molecule has 2 fully saturated rings. The minimum absolute atomic E-state index is 0.00368. The number of likely N-dealkylation sites (tertiary alicyclic amines) is 1. The van der Waals surface area contributed by atoms with Gasteiger partial charge in [0.25, 0.3) is 5.56 Å². The van der Waals surface area contributed by atoms with Crippen LogP contribution in [0.3, 0.4) is 0 Å². The van der Waals surface area contributed by atoms with Gasteiger partial charge in [0, 0.05) is 55.3 Å². The van der Waals surface area contributed by atoms with E-state index < -0.39 is 17.2 Å². The van der Waals surface area contributed by atoms with Crippen LogP contribution >= 0.6 is 22.9 Å². The molecule has 222 valence electrons. The lowest BCUT2D eigenvalue weighted by Gasteiger charge is -2.37. The number of hydrogen-bond acceptors (Lipinski definition) is 8. The summed E-state index contributed by atoms with van der Waals surface area (Å²) < 4.78 is 33.2. The molecular weight excluding hydrogens is 596 g/mol. The van der Waals surface area contributed by atoms with E-state index >= 15 is 4.39 Å². The molecule has 2 N–H and O–H groups in total. The number of rotatable bonds is 5. The SMILES string of the molecule is C=CC(=O)N1CCN(c2c(C#N)c(=O)n(C[C@@H]3CCCN3C)c3c(F)c(-c4ccc(F)c5sc(N)nc45)c(Cl)cc23)CC1. The first-order chi connectivity index (χ1) is 20.6. The summed E-state index contributed by atoms with van der Waals surface area (Å²) in [4.78, 5) is 36.1. The topological polar surface area (TPSA) is 111 Å². The minimum Gasteiger partial charge on any atom is -0.375 e. The van der Waals surface area contributed by atoms with Gasteiger partial charge in [0.05, 0.1) is 26.4 Å². The van der Waals surface area contributed by atoms with Gasteiger partial charge in [-0.2, -0.15) is 5.26 Å². The summed E-state index contributed by atoms with van der Waals surface area (Å²) in [5.41, 5.74) is 5.83. The monoisotopic (exact) mass is 623 g/mol. The number of nitriles is 1. The zero-order valence-corrected chi connectivity index (χ0v) is 24.9. The number of anilines is 2. The molecule has 4 heterocycles. The number of hydrogen-bond donors (Lipinski definition) is 1. The molecule has 13 heteroatoms. The summed E-state index contributed by atoms with van der Waals surface area (Å²) >= 11 is 7.76. The van der Waals surface area contributed by atoms with Crippen molar-refractivity contribution in [3.63, 3.8) is 0 Å². The van der Waals surface area contributed by atoms with Gasteiger partial charge in [-0.3, -0.25) is 9.59 Å². The highest BCUT2D eigenvalue weighted by Gasteiger charge is 2.31. The Morgan fingerprint density at radius 3 is 2.67 bits per heavy atom. The number of halogens is 3. The molecule has 2 aromatic heterocycles. The number of carbonyl (C=O) groups excluding carboxylic acids is 1. The standard InChI is InChI=1S/C30H28ClF2N7O2S/c1-3-22(41)38-9-11-39(12-10-38)26-18-13-20(31)23(17-6-7-21(32)28-25(17)36-30(35)43-28)24(33)27(18)40(29(42)19(26)14-34)15-16-5-4-8-37(16)2/h3,6-7,13,16H,1,4-5,8-12,15H2,2H3,(H2,35,36)/t16-/m0/s1. The van der Waals surface area contributed by atoms with Gasteiger partial charge in [0.1, 0.15) is 17.4 Å². The zero-order chi connectivity index (χ0) is 30.6. The van der Waals surface area contributed by atoms with Crippen molar-refractivity contribution in [2.75, 3.05) is 50.4 Å². The van der Waals surface area contributed by atoms with E-state index in [2.05, 4.69) is 22.5 Å². The number of carbonyl (C=O) groups is 1. The molecule has 0 bridgehead atoms. The van der Waals surface area contributed by atoms with E-state index in [9.17, 15) is 19.2 Å². The van der Waals surface area contributed by atoms with E-state index in [1.165, 1.54) is 22.8 Å². The molecule has 9 nitrogen and oxygen atoms in total. The third-order valence-electron chi connectivity index (χ3n) is 8.45. The molecule has 0 spiro atoms.